The van der Waals surface area contributed by atoms with Crippen molar-refractivity contribution in [3.8, 4) is 0 Å². The molecule has 0 aliphatic heterocycles. The first-order chi connectivity index (χ1) is 12.5. The van der Waals surface area contributed by atoms with E-state index < -0.39 is 0 Å². The van der Waals surface area contributed by atoms with Gasteiger partial charge in [0, 0.05) is 24.6 Å². The highest BCUT2D eigenvalue weighted by molar-refractivity contribution is 6.05. The van der Waals surface area contributed by atoms with Crippen LogP contribution in [-0.4, -0.2) is 10.9 Å². The lowest BCUT2D eigenvalue weighted by Crippen LogP contribution is -2.13. The van der Waals surface area contributed by atoms with Crippen LogP contribution in [0.3, 0.4) is 0 Å². The maximum atomic E-state index is 12.6. The van der Waals surface area contributed by atoms with E-state index in [9.17, 15) is 4.79 Å². The van der Waals surface area contributed by atoms with E-state index in [1.807, 2.05) is 38.1 Å². The summed E-state index contributed by atoms with van der Waals surface area (Å²) in [5, 5.41) is 6.29. The van der Waals surface area contributed by atoms with Crippen molar-refractivity contribution in [2.45, 2.75) is 27.3 Å². The van der Waals surface area contributed by atoms with Crippen molar-refractivity contribution in [2.24, 2.45) is 0 Å². The molecule has 0 radical (unpaired) electrons. The molecule has 1 heterocycles. The number of benzene rings is 2. The Balaban J connectivity index is 1.69. The Hall–Kier alpha value is -3.14. The van der Waals surface area contributed by atoms with Crippen molar-refractivity contribution in [1.29, 1.82) is 0 Å². The Bertz CT molecular complexity index is 917. The summed E-state index contributed by atoms with van der Waals surface area (Å²) in [7, 11) is 0. The number of hydrogen-bond donors (Lipinski definition) is 2. The highest BCUT2D eigenvalue weighted by atomic mass is 16.1. The fourth-order valence-electron chi connectivity index (χ4n) is 2.64. The number of nitrogens with zero attached hydrogens (tertiary/aromatic N) is 1. The summed E-state index contributed by atoms with van der Waals surface area (Å²) < 4.78 is 0. The van der Waals surface area contributed by atoms with Gasteiger partial charge in [0.05, 0.1) is 11.3 Å². The third-order valence-electron chi connectivity index (χ3n) is 4.26. The van der Waals surface area contributed by atoms with Gasteiger partial charge in [-0.25, -0.2) is 0 Å². The summed E-state index contributed by atoms with van der Waals surface area (Å²) in [6, 6.07) is 16.2. The lowest BCUT2D eigenvalue weighted by molar-refractivity contribution is 0.102. The van der Waals surface area contributed by atoms with Gasteiger partial charge in [-0.15, -0.1) is 0 Å². The molecule has 0 atom stereocenters. The molecule has 0 saturated heterocycles. The zero-order chi connectivity index (χ0) is 18.5. The molecule has 0 fully saturated rings. The highest BCUT2D eigenvalue weighted by Crippen LogP contribution is 2.18. The van der Waals surface area contributed by atoms with E-state index in [0.29, 0.717) is 12.1 Å². The minimum Gasteiger partial charge on any atom is -0.380 e. The van der Waals surface area contributed by atoms with E-state index in [-0.39, 0.29) is 5.91 Å². The fraction of sp³-hybridized carbons (Fsp3) is 0.182. The summed E-state index contributed by atoms with van der Waals surface area (Å²) in [6.07, 6.45) is 3.31. The maximum Gasteiger partial charge on any atom is 0.257 e. The van der Waals surface area contributed by atoms with E-state index in [1.165, 1.54) is 11.1 Å². The lowest BCUT2D eigenvalue weighted by atomic mass is 10.1. The van der Waals surface area contributed by atoms with Gasteiger partial charge < -0.3 is 10.6 Å². The van der Waals surface area contributed by atoms with Crippen molar-refractivity contribution in [2.75, 3.05) is 10.6 Å². The average Bonchev–Trinajstić information content (AvgIpc) is 2.64. The first-order valence-electron chi connectivity index (χ1n) is 8.64. The minimum atomic E-state index is -0.162. The first-order valence-corrected chi connectivity index (χ1v) is 8.64. The number of amides is 1. The highest BCUT2D eigenvalue weighted by Gasteiger charge is 2.09. The first kappa shape index (κ1) is 17.7. The van der Waals surface area contributed by atoms with Crippen molar-refractivity contribution < 1.29 is 4.79 Å². The third-order valence-corrected chi connectivity index (χ3v) is 4.26. The molecule has 1 amide bonds. The van der Waals surface area contributed by atoms with Gasteiger partial charge in [-0.1, -0.05) is 42.0 Å². The van der Waals surface area contributed by atoms with Gasteiger partial charge in [0.2, 0.25) is 0 Å². The van der Waals surface area contributed by atoms with Gasteiger partial charge in [0.25, 0.3) is 5.91 Å². The smallest absolute Gasteiger partial charge is 0.257 e. The number of aryl methyl sites for hydroxylation is 3. The summed E-state index contributed by atoms with van der Waals surface area (Å²) in [5.74, 6) is -0.162. The molecule has 3 rings (SSSR count). The Morgan fingerprint density at radius 3 is 2.42 bits per heavy atom. The Labute approximate surface area is 154 Å². The summed E-state index contributed by atoms with van der Waals surface area (Å²) in [5.41, 5.74) is 6.73. The molecule has 2 aromatic carbocycles. The lowest BCUT2D eigenvalue weighted by Gasteiger charge is -2.11. The average molecular weight is 345 g/mol. The number of aromatic nitrogens is 1. The van der Waals surface area contributed by atoms with Crippen molar-refractivity contribution in [3.63, 3.8) is 0 Å². The molecule has 0 aliphatic rings. The monoisotopic (exact) mass is 345 g/mol. The second kappa shape index (κ2) is 7.83. The molecule has 1 aromatic heterocycles. The predicted octanol–water partition coefficient (Wildman–Crippen LogP) is 4.87. The van der Waals surface area contributed by atoms with E-state index in [1.54, 1.807) is 12.4 Å². The number of rotatable bonds is 5. The van der Waals surface area contributed by atoms with Crippen LogP contribution in [0.1, 0.15) is 32.6 Å². The quantitative estimate of drug-likeness (QED) is 0.693. The molecule has 3 aromatic rings. The number of nitrogens with one attached hydrogen (secondary N) is 2. The number of hydrogen-bond acceptors (Lipinski definition) is 3. The van der Waals surface area contributed by atoms with Crippen LogP contribution in [0.5, 0.6) is 0 Å². The summed E-state index contributed by atoms with van der Waals surface area (Å²) in [6.45, 7) is 6.74. The largest absolute Gasteiger partial charge is 0.380 e. The van der Waals surface area contributed by atoms with E-state index in [2.05, 4.69) is 46.8 Å². The van der Waals surface area contributed by atoms with Crippen molar-refractivity contribution in [3.05, 3.63) is 88.7 Å². The molecular weight excluding hydrogens is 322 g/mol. The van der Waals surface area contributed by atoms with E-state index in [0.717, 1.165) is 22.5 Å². The molecule has 0 saturated carbocycles. The standard InChI is InChI=1S/C22H23N3O/c1-15-5-8-18(9-6-15)12-24-20-11-19(13-23-14-20)22(26)25-21-10-16(2)4-7-17(21)3/h4-11,13-14,24H,12H2,1-3H3,(H,25,26). The van der Waals surface area contributed by atoms with Crippen LogP contribution in [0.4, 0.5) is 11.4 Å². The summed E-state index contributed by atoms with van der Waals surface area (Å²) in [4.78, 5) is 16.8. The Morgan fingerprint density at radius 2 is 1.65 bits per heavy atom. The van der Waals surface area contributed by atoms with Crippen molar-refractivity contribution >= 4 is 17.3 Å². The van der Waals surface area contributed by atoms with Crippen LogP contribution >= 0.6 is 0 Å². The summed E-state index contributed by atoms with van der Waals surface area (Å²) >= 11 is 0. The van der Waals surface area contributed by atoms with Crippen LogP contribution in [0.15, 0.2) is 60.9 Å². The van der Waals surface area contributed by atoms with Gasteiger partial charge in [-0.3, -0.25) is 9.78 Å². The van der Waals surface area contributed by atoms with Crippen LogP contribution in [-0.2, 0) is 6.54 Å². The number of anilines is 2. The number of pyridine rings is 1. The topological polar surface area (TPSA) is 54.0 Å². The molecular formula is C22H23N3O. The van der Waals surface area contributed by atoms with Crippen LogP contribution in [0.2, 0.25) is 0 Å². The van der Waals surface area contributed by atoms with Crippen LogP contribution in [0, 0.1) is 20.8 Å². The van der Waals surface area contributed by atoms with Crippen LogP contribution < -0.4 is 10.6 Å². The molecule has 4 nitrogen and oxygen atoms in total. The zero-order valence-electron chi connectivity index (χ0n) is 15.3. The molecule has 0 unspecified atom stereocenters. The molecule has 0 spiro atoms. The van der Waals surface area contributed by atoms with Crippen LogP contribution in [0.25, 0.3) is 0 Å². The van der Waals surface area contributed by atoms with E-state index in [4.69, 9.17) is 0 Å². The zero-order valence-corrected chi connectivity index (χ0v) is 15.3. The van der Waals surface area contributed by atoms with Gasteiger partial charge >= 0.3 is 0 Å². The Morgan fingerprint density at radius 1 is 0.923 bits per heavy atom. The maximum absolute atomic E-state index is 12.6. The number of carbonyl (C=O) groups is 1. The second-order valence-corrected chi connectivity index (χ2v) is 6.57. The third kappa shape index (κ3) is 4.48. The molecule has 4 heteroatoms. The van der Waals surface area contributed by atoms with Gasteiger partial charge in [-0.2, -0.15) is 0 Å². The molecule has 2 N–H and O–H groups in total. The minimum absolute atomic E-state index is 0.162. The fourth-order valence-corrected chi connectivity index (χ4v) is 2.64. The predicted molar refractivity (Wildman–Crippen MR) is 107 cm³/mol. The molecule has 132 valence electrons. The number of carbonyl (C=O) groups excluding carboxylic acids is 1. The van der Waals surface area contributed by atoms with Gasteiger partial charge in [0.15, 0.2) is 0 Å². The van der Waals surface area contributed by atoms with Gasteiger partial charge in [0.1, 0.15) is 0 Å². The van der Waals surface area contributed by atoms with Gasteiger partial charge in [-0.05, 0) is 49.6 Å². The SMILES string of the molecule is Cc1ccc(CNc2cncc(C(=O)Nc3cc(C)ccc3C)c2)cc1. The van der Waals surface area contributed by atoms with E-state index >= 15 is 0 Å². The second-order valence-electron chi connectivity index (χ2n) is 6.57. The molecule has 26 heavy (non-hydrogen) atoms. The van der Waals surface area contributed by atoms with Crippen molar-refractivity contribution in [1.82, 2.24) is 4.98 Å². The molecule has 0 aliphatic carbocycles. The molecule has 0 bridgehead atoms. The normalized spacial score (nSPS) is 10.4. The Kier molecular flexibility index (Phi) is 5.32.